The number of nitrogens with one attached hydrogen (secondary N) is 1. The maximum Gasteiger partial charge on any atom is 0.407 e. The second-order valence-electron chi connectivity index (χ2n) is 6.41. The summed E-state index contributed by atoms with van der Waals surface area (Å²) in [6.07, 6.45) is 2.28. The van der Waals surface area contributed by atoms with E-state index in [0.717, 1.165) is 19.3 Å². The van der Waals surface area contributed by atoms with Gasteiger partial charge in [0.15, 0.2) is 0 Å². The fourth-order valence-electron chi connectivity index (χ4n) is 1.81. The van der Waals surface area contributed by atoms with Crippen LogP contribution < -0.4 is 5.32 Å². The van der Waals surface area contributed by atoms with Gasteiger partial charge in [0.1, 0.15) is 11.4 Å². The average molecular weight is 255 g/mol. The van der Waals surface area contributed by atoms with Crippen molar-refractivity contribution in [1.82, 2.24) is 5.32 Å². The Hall–Kier alpha value is -1.06. The normalized spacial score (nSPS) is 18.9. The molecule has 0 radical (unpaired) electrons. The van der Waals surface area contributed by atoms with Gasteiger partial charge in [0.2, 0.25) is 0 Å². The summed E-state index contributed by atoms with van der Waals surface area (Å²) in [5.74, 6) is 0.497. The van der Waals surface area contributed by atoms with E-state index in [0.29, 0.717) is 6.54 Å². The molecule has 0 heterocycles. The predicted molar refractivity (Wildman–Crippen MR) is 70.4 cm³/mol. The highest BCUT2D eigenvalue weighted by atomic mass is 16.6. The second kappa shape index (κ2) is 5.29. The summed E-state index contributed by atoms with van der Waals surface area (Å²) in [7, 11) is 0. The van der Waals surface area contributed by atoms with Crippen LogP contribution in [0.3, 0.4) is 0 Å². The number of alkyl carbamates (subject to hydrolysis) is 1. The third-order valence-corrected chi connectivity index (χ3v) is 3.35. The Labute approximate surface area is 109 Å². The van der Waals surface area contributed by atoms with E-state index in [1.807, 2.05) is 34.6 Å². The molecule has 1 amide bonds. The van der Waals surface area contributed by atoms with Crippen LogP contribution in [-0.2, 0) is 9.53 Å². The molecule has 1 aliphatic rings. The smallest absolute Gasteiger partial charge is 0.407 e. The first-order valence-electron chi connectivity index (χ1n) is 6.69. The van der Waals surface area contributed by atoms with Crippen molar-refractivity contribution < 1.29 is 14.3 Å². The van der Waals surface area contributed by atoms with Gasteiger partial charge in [0.05, 0.1) is 0 Å². The number of hydrogen-bond acceptors (Lipinski definition) is 3. The maximum atomic E-state index is 12.2. The monoisotopic (exact) mass is 255 g/mol. The Morgan fingerprint density at radius 2 is 1.78 bits per heavy atom. The first-order chi connectivity index (χ1) is 8.18. The van der Waals surface area contributed by atoms with Gasteiger partial charge in [0, 0.05) is 17.9 Å². The Kier molecular flexibility index (Phi) is 4.41. The molecule has 104 valence electrons. The lowest BCUT2D eigenvalue weighted by Crippen LogP contribution is -2.43. The number of Topliss-reactive ketones (excluding diaryl/α,β-unsaturated/α-hetero) is 1. The van der Waals surface area contributed by atoms with Gasteiger partial charge in [-0.05, 0) is 40.0 Å². The van der Waals surface area contributed by atoms with Gasteiger partial charge in [-0.2, -0.15) is 0 Å². The topological polar surface area (TPSA) is 55.4 Å². The van der Waals surface area contributed by atoms with E-state index in [2.05, 4.69) is 5.32 Å². The molecular formula is C14H25NO3. The molecule has 1 unspecified atom stereocenters. The van der Waals surface area contributed by atoms with Crippen LogP contribution in [0.5, 0.6) is 0 Å². The van der Waals surface area contributed by atoms with Gasteiger partial charge < -0.3 is 10.1 Å². The molecule has 0 spiro atoms. The number of carbonyl (C=O) groups is 2. The van der Waals surface area contributed by atoms with Crippen LogP contribution in [0.15, 0.2) is 0 Å². The summed E-state index contributed by atoms with van der Waals surface area (Å²) in [5, 5.41) is 2.71. The number of ether oxygens (including phenoxy) is 1. The van der Waals surface area contributed by atoms with Gasteiger partial charge in [-0.25, -0.2) is 4.79 Å². The molecule has 1 atom stereocenters. The van der Waals surface area contributed by atoms with Gasteiger partial charge in [-0.15, -0.1) is 0 Å². The van der Waals surface area contributed by atoms with Crippen LogP contribution in [0, 0.1) is 11.3 Å². The van der Waals surface area contributed by atoms with E-state index in [-0.39, 0.29) is 11.7 Å². The highest BCUT2D eigenvalue weighted by Gasteiger charge is 2.41. The lowest BCUT2D eigenvalue weighted by molar-refractivity contribution is -0.129. The summed E-state index contributed by atoms with van der Waals surface area (Å²) in [6.45, 7) is 9.72. The van der Waals surface area contributed by atoms with Crippen LogP contribution >= 0.6 is 0 Å². The Morgan fingerprint density at radius 3 is 2.17 bits per heavy atom. The minimum atomic E-state index is -0.507. The fraction of sp³-hybridized carbons (Fsp3) is 0.857. The lowest BCUT2D eigenvalue weighted by Gasteiger charge is -2.28. The van der Waals surface area contributed by atoms with Crippen molar-refractivity contribution in [1.29, 1.82) is 0 Å². The van der Waals surface area contributed by atoms with Crippen molar-refractivity contribution >= 4 is 11.9 Å². The first-order valence-corrected chi connectivity index (χ1v) is 6.69. The van der Waals surface area contributed by atoms with Gasteiger partial charge >= 0.3 is 6.09 Å². The largest absolute Gasteiger partial charge is 0.444 e. The van der Waals surface area contributed by atoms with Crippen molar-refractivity contribution in [2.75, 3.05) is 6.54 Å². The highest BCUT2D eigenvalue weighted by molar-refractivity contribution is 5.89. The lowest BCUT2D eigenvalue weighted by atomic mass is 9.80. The van der Waals surface area contributed by atoms with E-state index in [1.54, 1.807) is 0 Å². The number of amides is 1. The molecule has 0 aliphatic heterocycles. The van der Waals surface area contributed by atoms with Gasteiger partial charge in [-0.3, -0.25) is 4.79 Å². The van der Waals surface area contributed by atoms with Crippen molar-refractivity contribution in [2.45, 2.75) is 59.5 Å². The van der Waals surface area contributed by atoms with E-state index < -0.39 is 17.1 Å². The number of rotatable bonds is 5. The van der Waals surface area contributed by atoms with Crippen molar-refractivity contribution in [3.8, 4) is 0 Å². The van der Waals surface area contributed by atoms with Crippen molar-refractivity contribution in [3.05, 3.63) is 0 Å². The average Bonchev–Trinajstić information content (AvgIpc) is 3.06. The molecule has 4 nitrogen and oxygen atoms in total. The van der Waals surface area contributed by atoms with Crippen LogP contribution in [0.25, 0.3) is 0 Å². The zero-order valence-electron chi connectivity index (χ0n) is 12.1. The van der Waals surface area contributed by atoms with Gasteiger partial charge in [0.25, 0.3) is 0 Å². The minimum absolute atomic E-state index is 0.218. The number of ketones is 1. The third kappa shape index (κ3) is 4.31. The van der Waals surface area contributed by atoms with E-state index in [4.69, 9.17) is 4.74 Å². The zero-order valence-corrected chi connectivity index (χ0v) is 12.1. The molecule has 0 saturated heterocycles. The molecule has 1 saturated carbocycles. The summed E-state index contributed by atoms with van der Waals surface area (Å²) < 4.78 is 5.17. The van der Waals surface area contributed by atoms with Crippen molar-refractivity contribution in [3.63, 3.8) is 0 Å². The van der Waals surface area contributed by atoms with E-state index in [9.17, 15) is 9.59 Å². The molecular weight excluding hydrogens is 230 g/mol. The zero-order chi connectivity index (χ0) is 14.0. The van der Waals surface area contributed by atoms with E-state index >= 15 is 0 Å². The molecule has 4 heteroatoms. The standard InChI is InChI=1S/C14H25NO3/c1-6-14(5,11(16)10-7-8-10)9-15-12(17)18-13(2,3)4/h10H,6-9H2,1-5H3,(H,15,17). The second-order valence-corrected chi connectivity index (χ2v) is 6.41. The summed E-state index contributed by atoms with van der Waals surface area (Å²) in [6, 6.07) is 0. The molecule has 0 aromatic rings. The molecule has 0 aromatic carbocycles. The molecule has 1 N–H and O–H groups in total. The quantitative estimate of drug-likeness (QED) is 0.821. The minimum Gasteiger partial charge on any atom is -0.444 e. The third-order valence-electron chi connectivity index (χ3n) is 3.35. The van der Waals surface area contributed by atoms with Crippen LogP contribution in [0.2, 0.25) is 0 Å². The molecule has 18 heavy (non-hydrogen) atoms. The SMILES string of the molecule is CCC(C)(CNC(=O)OC(C)(C)C)C(=O)C1CC1. The molecule has 1 rings (SSSR count). The van der Waals surface area contributed by atoms with Crippen LogP contribution in [0.1, 0.15) is 53.9 Å². The molecule has 0 bridgehead atoms. The first kappa shape index (κ1) is 15.0. The van der Waals surface area contributed by atoms with Gasteiger partial charge in [-0.1, -0.05) is 13.8 Å². The van der Waals surface area contributed by atoms with Crippen LogP contribution in [0.4, 0.5) is 4.79 Å². The summed E-state index contributed by atoms with van der Waals surface area (Å²) >= 11 is 0. The van der Waals surface area contributed by atoms with Crippen LogP contribution in [-0.4, -0.2) is 24.0 Å². The number of carbonyl (C=O) groups excluding carboxylic acids is 2. The number of hydrogen-bond donors (Lipinski definition) is 1. The molecule has 0 aromatic heterocycles. The molecule has 1 aliphatic carbocycles. The summed E-state index contributed by atoms with van der Waals surface area (Å²) in [4.78, 5) is 23.7. The predicted octanol–water partition coefficient (Wildman–Crippen LogP) is 2.91. The highest BCUT2D eigenvalue weighted by Crippen LogP contribution is 2.38. The Morgan fingerprint density at radius 1 is 1.22 bits per heavy atom. The Bertz CT molecular complexity index is 328. The van der Waals surface area contributed by atoms with Crippen molar-refractivity contribution in [2.24, 2.45) is 11.3 Å². The maximum absolute atomic E-state index is 12.2. The molecule has 1 fully saturated rings. The summed E-state index contributed by atoms with van der Waals surface area (Å²) in [5.41, 5.74) is -0.967. The van der Waals surface area contributed by atoms with E-state index in [1.165, 1.54) is 0 Å². The Balaban J connectivity index is 2.48. The fourth-order valence-corrected chi connectivity index (χ4v) is 1.81.